The van der Waals surface area contributed by atoms with Crippen LogP contribution in [0, 0.1) is 10.1 Å². The number of carbonyl (C=O) groups excluding carboxylic acids is 1. The second kappa shape index (κ2) is 8.37. The first-order valence-electron chi connectivity index (χ1n) is 5.15. The van der Waals surface area contributed by atoms with Crippen molar-refractivity contribution >= 4 is 11.6 Å². The average Bonchev–Trinajstić information content (AvgIpc) is 2.41. The van der Waals surface area contributed by atoms with Crippen molar-refractivity contribution in [3.8, 4) is 0 Å². The number of rotatable bonds is 2. The first-order valence-corrected chi connectivity index (χ1v) is 5.15. The molecule has 2 aromatic carbocycles. The number of nitrogens with zero attached hydrogens (tertiary/aromatic N) is 1. The molecule has 6 heteroatoms. The lowest BCUT2D eigenvalue weighted by Gasteiger charge is -1.89. The second-order valence-corrected chi connectivity index (χ2v) is 3.32. The van der Waals surface area contributed by atoms with E-state index in [2.05, 4.69) is 0 Å². The molecule has 1 amide bonds. The molecular weight excluding hydrogens is 246 g/mol. The molecule has 0 aliphatic carbocycles. The number of nitro benzene ring substituents is 1. The minimum atomic E-state index is -0.417. The van der Waals surface area contributed by atoms with Gasteiger partial charge in [0.2, 0.25) is 5.91 Å². The smallest absolute Gasteiger partial charge is 0.269 e. The lowest BCUT2D eigenvalue weighted by molar-refractivity contribution is -0.384. The van der Waals surface area contributed by atoms with Gasteiger partial charge in [-0.2, -0.15) is 0 Å². The monoisotopic (exact) mass is 261 g/mol. The average molecular weight is 261 g/mol. The maximum atomic E-state index is 10.4. The summed E-state index contributed by atoms with van der Waals surface area (Å²) in [4.78, 5) is 20.0. The quantitative estimate of drug-likeness (QED) is 0.637. The fourth-order valence-electron chi connectivity index (χ4n) is 1.15. The molecule has 6 nitrogen and oxygen atoms in total. The summed E-state index contributed by atoms with van der Waals surface area (Å²) in [6.07, 6.45) is 0. The van der Waals surface area contributed by atoms with E-state index in [1.807, 2.05) is 6.07 Å². The Labute approximate surface area is 110 Å². The molecule has 0 saturated heterocycles. The molecule has 0 aliphatic rings. The molecular formula is C13H15N3O3. The molecule has 0 unspecified atom stereocenters. The van der Waals surface area contributed by atoms with Gasteiger partial charge in [0.05, 0.1) is 4.92 Å². The van der Waals surface area contributed by atoms with Crippen LogP contribution in [0.3, 0.4) is 0 Å². The number of nitrogens with two attached hydrogens (primary N) is 1. The van der Waals surface area contributed by atoms with Crippen LogP contribution < -0.4 is 11.9 Å². The van der Waals surface area contributed by atoms with E-state index < -0.39 is 4.92 Å². The van der Waals surface area contributed by atoms with Gasteiger partial charge in [0.1, 0.15) is 0 Å². The fourth-order valence-corrected chi connectivity index (χ4v) is 1.15. The van der Waals surface area contributed by atoms with Gasteiger partial charge >= 0.3 is 0 Å². The van der Waals surface area contributed by atoms with Crippen molar-refractivity contribution in [2.45, 2.75) is 0 Å². The largest absolute Gasteiger partial charge is 0.366 e. The number of para-hydroxylation sites is 1. The Bertz CT molecular complexity index is 466. The summed E-state index contributed by atoms with van der Waals surface area (Å²) in [6.45, 7) is 0. The minimum Gasteiger partial charge on any atom is -0.366 e. The molecule has 0 heterocycles. The summed E-state index contributed by atoms with van der Waals surface area (Å²) in [5.41, 5.74) is 5.66. The van der Waals surface area contributed by atoms with E-state index in [4.69, 9.17) is 5.73 Å². The third kappa shape index (κ3) is 5.94. The van der Waals surface area contributed by atoms with Crippen molar-refractivity contribution in [1.29, 1.82) is 0 Å². The van der Waals surface area contributed by atoms with Crippen LogP contribution in [-0.2, 0) is 0 Å². The van der Waals surface area contributed by atoms with Gasteiger partial charge in [0.25, 0.3) is 5.69 Å². The van der Waals surface area contributed by atoms with E-state index in [1.165, 1.54) is 12.1 Å². The minimum absolute atomic E-state index is 0. The van der Waals surface area contributed by atoms with E-state index in [0.29, 0.717) is 5.56 Å². The number of primary amides is 1. The van der Waals surface area contributed by atoms with Crippen LogP contribution in [-0.4, -0.2) is 10.8 Å². The van der Waals surface area contributed by atoms with Crippen molar-refractivity contribution in [2.24, 2.45) is 5.73 Å². The Morgan fingerprint density at radius 1 is 0.947 bits per heavy atom. The van der Waals surface area contributed by atoms with E-state index in [-0.39, 0.29) is 17.7 Å². The zero-order valence-corrected chi connectivity index (χ0v) is 10.2. The SMILES string of the molecule is N.NC(=O)c1ccccc1.O=[N+]([O-])c1ccccc1. The highest BCUT2D eigenvalue weighted by molar-refractivity contribution is 5.92. The van der Waals surface area contributed by atoms with E-state index >= 15 is 0 Å². The number of non-ortho nitro benzene ring substituents is 1. The molecule has 0 fully saturated rings. The Morgan fingerprint density at radius 3 is 1.63 bits per heavy atom. The summed E-state index contributed by atoms with van der Waals surface area (Å²) < 4.78 is 0. The molecule has 0 aliphatic heterocycles. The first kappa shape index (κ1) is 16.3. The van der Waals surface area contributed by atoms with Gasteiger partial charge in [-0.3, -0.25) is 14.9 Å². The molecule has 0 radical (unpaired) electrons. The standard InChI is InChI=1S/C7H7NO.C6H5NO2.H3N/c2*8-7(9)6-4-2-1-3-5-6;/h1-5H,(H2,8,9);1-5H;1H3. The summed E-state index contributed by atoms with van der Waals surface area (Å²) >= 11 is 0. The molecule has 0 spiro atoms. The number of nitro groups is 1. The molecule has 0 bridgehead atoms. The normalized spacial score (nSPS) is 8.42. The van der Waals surface area contributed by atoms with Crippen LogP contribution in [0.1, 0.15) is 10.4 Å². The van der Waals surface area contributed by atoms with Gasteiger partial charge in [0, 0.05) is 17.7 Å². The highest BCUT2D eigenvalue weighted by Crippen LogP contribution is 2.06. The van der Waals surface area contributed by atoms with Crippen LogP contribution in [0.2, 0.25) is 0 Å². The third-order valence-corrected chi connectivity index (χ3v) is 2.03. The molecule has 0 aromatic heterocycles. The molecule has 2 aromatic rings. The van der Waals surface area contributed by atoms with Gasteiger partial charge in [-0.25, -0.2) is 0 Å². The molecule has 0 saturated carbocycles. The van der Waals surface area contributed by atoms with Gasteiger partial charge < -0.3 is 11.9 Å². The van der Waals surface area contributed by atoms with Crippen LogP contribution in [0.4, 0.5) is 5.69 Å². The number of hydrogen-bond acceptors (Lipinski definition) is 4. The van der Waals surface area contributed by atoms with Crippen molar-refractivity contribution in [1.82, 2.24) is 6.15 Å². The summed E-state index contributed by atoms with van der Waals surface area (Å²) in [6, 6.07) is 16.7. The number of carbonyl (C=O) groups is 1. The predicted octanol–water partition coefficient (Wildman–Crippen LogP) is 2.54. The summed E-state index contributed by atoms with van der Waals surface area (Å²) in [7, 11) is 0. The molecule has 19 heavy (non-hydrogen) atoms. The first-order chi connectivity index (χ1) is 8.61. The van der Waals surface area contributed by atoms with Crippen molar-refractivity contribution < 1.29 is 9.72 Å². The molecule has 100 valence electrons. The Kier molecular flexibility index (Phi) is 7.17. The molecule has 5 N–H and O–H groups in total. The van der Waals surface area contributed by atoms with Crippen molar-refractivity contribution in [2.75, 3.05) is 0 Å². The zero-order chi connectivity index (χ0) is 13.4. The number of amides is 1. The number of hydrogen-bond donors (Lipinski definition) is 2. The predicted molar refractivity (Wildman–Crippen MR) is 73.1 cm³/mol. The lowest BCUT2D eigenvalue weighted by atomic mass is 10.2. The van der Waals surface area contributed by atoms with Crippen molar-refractivity contribution in [3.63, 3.8) is 0 Å². The van der Waals surface area contributed by atoms with Gasteiger partial charge in [-0.05, 0) is 12.1 Å². The Balaban J connectivity index is 0.000000324. The fraction of sp³-hybridized carbons (Fsp3) is 0. The van der Waals surface area contributed by atoms with Crippen LogP contribution in [0.25, 0.3) is 0 Å². The summed E-state index contributed by atoms with van der Waals surface area (Å²) in [5.74, 6) is -0.379. The Hall–Kier alpha value is -2.73. The summed E-state index contributed by atoms with van der Waals surface area (Å²) in [5, 5.41) is 10.0. The lowest BCUT2D eigenvalue weighted by Crippen LogP contribution is -2.09. The zero-order valence-electron chi connectivity index (χ0n) is 10.2. The maximum Gasteiger partial charge on any atom is 0.269 e. The third-order valence-electron chi connectivity index (χ3n) is 2.03. The van der Waals surface area contributed by atoms with Gasteiger partial charge in [-0.15, -0.1) is 0 Å². The molecule has 2 rings (SSSR count). The maximum absolute atomic E-state index is 10.4. The molecule has 0 atom stereocenters. The van der Waals surface area contributed by atoms with Crippen molar-refractivity contribution in [3.05, 3.63) is 76.3 Å². The van der Waals surface area contributed by atoms with Crippen LogP contribution in [0.5, 0.6) is 0 Å². The topological polar surface area (TPSA) is 121 Å². The Morgan fingerprint density at radius 2 is 1.37 bits per heavy atom. The van der Waals surface area contributed by atoms with Crippen LogP contribution >= 0.6 is 0 Å². The van der Waals surface area contributed by atoms with E-state index in [9.17, 15) is 14.9 Å². The van der Waals surface area contributed by atoms with Gasteiger partial charge in [0.15, 0.2) is 0 Å². The van der Waals surface area contributed by atoms with E-state index in [1.54, 1.807) is 42.5 Å². The second-order valence-electron chi connectivity index (χ2n) is 3.32. The van der Waals surface area contributed by atoms with Gasteiger partial charge in [-0.1, -0.05) is 36.4 Å². The highest BCUT2D eigenvalue weighted by atomic mass is 16.6. The van der Waals surface area contributed by atoms with E-state index in [0.717, 1.165) is 0 Å². The highest BCUT2D eigenvalue weighted by Gasteiger charge is 1.98. The number of benzene rings is 2. The van der Waals surface area contributed by atoms with Crippen LogP contribution in [0.15, 0.2) is 60.7 Å².